The number of aromatic nitrogens is 3. The second-order valence-electron chi connectivity index (χ2n) is 5.82. The Morgan fingerprint density at radius 2 is 2.18 bits per heavy atom. The number of para-hydroxylation sites is 1. The largest absolute Gasteiger partial charge is 0.370 e. The molecule has 3 heterocycles. The van der Waals surface area contributed by atoms with Gasteiger partial charge in [0.2, 0.25) is 0 Å². The van der Waals surface area contributed by atoms with Gasteiger partial charge in [0.05, 0.1) is 12.4 Å². The minimum Gasteiger partial charge on any atom is -0.370 e. The molecule has 0 fully saturated rings. The second-order valence-corrected chi connectivity index (χ2v) is 5.82. The lowest BCUT2D eigenvalue weighted by Crippen LogP contribution is -2.21. The highest BCUT2D eigenvalue weighted by molar-refractivity contribution is 5.83. The molecule has 1 aliphatic rings. The fraction of sp³-hybridized carbons (Fsp3) is 0.278. The Morgan fingerprint density at radius 3 is 3.09 bits per heavy atom. The van der Waals surface area contributed by atoms with Crippen molar-refractivity contribution >= 4 is 10.9 Å². The molecular formula is C18H20N4. The third kappa shape index (κ3) is 2.41. The van der Waals surface area contributed by atoms with Gasteiger partial charge in [0, 0.05) is 48.1 Å². The number of rotatable bonds is 5. The second kappa shape index (κ2) is 5.72. The van der Waals surface area contributed by atoms with E-state index in [1.807, 2.05) is 18.7 Å². The molecule has 1 N–H and O–H groups in total. The maximum Gasteiger partial charge on any atom is 0.0945 e. The summed E-state index contributed by atoms with van der Waals surface area (Å²) in [6, 6.07) is 9.01. The third-order valence-corrected chi connectivity index (χ3v) is 4.43. The standard InChI is InChI=1S/C18H20N4/c1-2-6-17-15(5-1)16(13-20-17)18-7-3-10-22(18)11-4-9-21-12-8-19-14-21/h1-3,5-6,8,10,12-14,18,20H,4,7,9,11H2. The summed E-state index contributed by atoms with van der Waals surface area (Å²) < 4.78 is 2.14. The van der Waals surface area contributed by atoms with Crippen molar-refractivity contribution in [2.24, 2.45) is 0 Å². The topological polar surface area (TPSA) is 36.9 Å². The number of nitrogens with one attached hydrogen (secondary N) is 1. The molecule has 1 unspecified atom stereocenters. The van der Waals surface area contributed by atoms with Gasteiger partial charge in [0.15, 0.2) is 0 Å². The number of benzene rings is 1. The molecule has 112 valence electrons. The van der Waals surface area contributed by atoms with Crippen molar-refractivity contribution in [3.8, 4) is 0 Å². The molecule has 1 aliphatic heterocycles. The SMILES string of the molecule is C1=CN(CCCn2ccnc2)C(c2c[nH]c3ccccc23)C1. The highest BCUT2D eigenvalue weighted by atomic mass is 15.2. The summed E-state index contributed by atoms with van der Waals surface area (Å²) in [5.41, 5.74) is 2.63. The van der Waals surface area contributed by atoms with Gasteiger partial charge >= 0.3 is 0 Å². The van der Waals surface area contributed by atoms with Gasteiger partial charge in [0.1, 0.15) is 0 Å². The molecule has 0 saturated heterocycles. The molecule has 3 aromatic rings. The van der Waals surface area contributed by atoms with Crippen LogP contribution in [0, 0.1) is 0 Å². The van der Waals surface area contributed by atoms with E-state index in [0.29, 0.717) is 6.04 Å². The van der Waals surface area contributed by atoms with Crippen molar-refractivity contribution in [2.75, 3.05) is 6.54 Å². The Balaban J connectivity index is 1.47. The first-order valence-corrected chi connectivity index (χ1v) is 7.86. The van der Waals surface area contributed by atoms with Crippen molar-refractivity contribution in [3.05, 3.63) is 67.0 Å². The Labute approximate surface area is 130 Å². The van der Waals surface area contributed by atoms with Crippen LogP contribution in [0.3, 0.4) is 0 Å². The summed E-state index contributed by atoms with van der Waals surface area (Å²) in [6.07, 6.45) is 14.7. The van der Waals surface area contributed by atoms with Crippen LogP contribution in [-0.4, -0.2) is 26.0 Å². The van der Waals surface area contributed by atoms with Crippen LogP contribution < -0.4 is 0 Å². The lowest BCUT2D eigenvalue weighted by molar-refractivity contribution is 0.296. The van der Waals surface area contributed by atoms with E-state index in [0.717, 1.165) is 25.9 Å². The molecule has 0 saturated carbocycles. The first-order chi connectivity index (χ1) is 10.9. The fourth-order valence-corrected chi connectivity index (χ4v) is 3.32. The van der Waals surface area contributed by atoms with Gasteiger partial charge in [-0.1, -0.05) is 24.3 Å². The Bertz CT molecular complexity index is 769. The van der Waals surface area contributed by atoms with Crippen LogP contribution in [0.5, 0.6) is 0 Å². The van der Waals surface area contributed by atoms with E-state index in [4.69, 9.17) is 0 Å². The molecule has 1 aromatic carbocycles. The summed E-state index contributed by atoms with van der Waals surface area (Å²) >= 11 is 0. The van der Waals surface area contributed by atoms with Gasteiger partial charge in [-0.2, -0.15) is 0 Å². The molecule has 1 atom stereocenters. The van der Waals surface area contributed by atoms with Crippen LogP contribution in [0.2, 0.25) is 0 Å². The zero-order chi connectivity index (χ0) is 14.8. The van der Waals surface area contributed by atoms with E-state index in [-0.39, 0.29) is 0 Å². The first kappa shape index (κ1) is 13.2. The minimum atomic E-state index is 0.457. The average molecular weight is 292 g/mol. The molecule has 0 spiro atoms. The molecule has 22 heavy (non-hydrogen) atoms. The predicted molar refractivity (Wildman–Crippen MR) is 88.3 cm³/mol. The fourth-order valence-electron chi connectivity index (χ4n) is 3.32. The zero-order valence-electron chi connectivity index (χ0n) is 12.5. The molecule has 4 rings (SSSR count). The predicted octanol–water partition coefficient (Wildman–Crippen LogP) is 3.72. The first-order valence-electron chi connectivity index (χ1n) is 7.86. The molecule has 0 aliphatic carbocycles. The number of nitrogens with zero attached hydrogens (tertiary/aromatic N) is 3. The third-order valence-electron chi connectivity index (χ3n) is 4.43. The van der Waals surface area contributed by atoms with Crippen molar-refractivity contribution in [2.45, 2.75) is 25.4 Å². The molecule has 4 nitrogen and oxygen atoms in total. The molecule has 0 radical (unpaired) electrons. The van der Waals surface area contributed by atoms with Crippen LogP contribution in [-0.2, 0) is 6.54 Å². The van der Waals surface area contributed by atoms with Crippen LogP contribution in [0.4, 0.5) is 0 Å². The van der Waals surface area contributed by atoms with Gasteiger partial charge in [0.25, 0.3) is 0 Å². The van der Waals surface area contributed by atoms with Crippen molar-refractivity contribution in [3.63, 3.8) is 0 Å². The molecule has 2 aromatic heterocycles. The normalized spacial score (nSPS) is 17.6. The Hall–Kier alpha value is -2.49. The molecule has 0 bridgehead atoms. The number of hydrogen-bond donors (Lipinski definition) is 1. The van der Waals surface area contributed by atoms with Gasteiger partial charge in [-0.3, -0.25) is 0 Å². The lowest BCUT2D eigenvalue weighted by Gasteiger charge is -2.25. The number of aryl methyl sites for hydroxylation is 1. The number of H-pyrrole nitrogens is 1. The summed E-state index contributed by atoms with van der Waals surface area (Å²) in [4.78, 5) is 9.96. The minimum absolute atomic E-state index is 0.457. The number of aromatic amines is 1. The summed E-state index contributed by atoms with van der Waals surface area (Å²) in [5.74, 6) is 0. The quantitative estimate of drug-likeness (QED) is 0.778. The van der Waals surface area contributed by atoms with Crippen LogP contribution >= 0.6 is 0 Å². The monoisotopic (exact) mass is 292 g/mol. The van der Waals surface area contributed by atoms with E-state index >= 15 is 0 Å². The van der Waals surface area contributed by atoms with Crippen LogP contribution in [0.25, 0.3) is 10.9 Å². The van der Waals surface area contributed by atoms with E-state index in [1.54, 1.807) is 0 Å². The molecular weight excluding hydrogens is 272 g/mol. The van der Waals surface area contributed by atoms with Crippen LogP contribution in [0.1, 0.15) is 24.4 Å². The van der Waals surface area contributed by atoms with E-state index in [1.165, 1.54) is 16.5 Å². The van der Waals surface area contributed by atoms with Gasteiger partial charge < -0.3 is 14.5 Å². The lowest BCUT2D eigenvalue weighted by atomic mass is 10.0. The Morgan fingerprint density at radius 1 is 1.23 bits per heavy atom. The maximum absolute atomic E-state index is 4.09. The maximum atomic E-state index is 4.09. The smallest absolute Gasteiger partial charge is 0.0945 e. The zero-order valence-corrected chi connectivity index (χ0v) is 12.5. The van der Waals surface area contributed by atoms with Gasteiger partial charge in [-0.15, -0.1) is 0 Å². The van der Waals surface area contributed by atoms with Crippen LogP contribution in [0.15, 0.2) is 61.5 Å². The molecule has 4 heteroatoms. The Kier molecular flexibility index (Phi) is 3.43. The number of hydrogen-bond acceptors (Lipinski definition) is 2. The van der Waals surface area contributed by atoms with Gasteiger partial charge in [-0.05, 0) is 25.1 Å². The van der Waals surface area contributed by atoms with E-state index in [9.17, 15) is 0 Å². The highest BCUT2D eigenvalue weighted by Gasteiger charge is 2.23. The summed E-state index contributed by atoms with van der Waals surface area (Å²) in [6.45, 7) is 2.09. The number of fused-ring (bicyclic) bond motifs is 1. The highest BCUT2D eigenvalue weighted by Crippen LogP contribution is 2.34. The summed E-state index contributed by atoms with van der Waals surface area (Å²) in [5, 5.41) is 1.34. The number of imidazole rings is 1. The van der Waals surface area contributed by atoms with E-state index in [2.05, 4.69) is 62.2 Å². The molecule has 0 amide bonds. The van der Waals surface area contributed by atoms with Crippen molar-refractivity contribution < 1.29 is 0 Å². The average Bonchev–Trinajstić information content (AvgIpc) is 3.27. The van der Waals surface area contributed by atoms with E-state index < -0.39 is 0 Å². The van der Waals surface area contributed by atoms with Crippen molar-refractivity contribution in [1.82, 2.24) is 19.4 Å². The summed E-state index contributed by atoms with van der Waals surface area (Å²) in [7, 11) is 0. The van der Waals surface area contributed by atoms with Gasteiger partial charge in [-0.25, -0.2) is 4.98 Å². The van der Waals surface area contributed by atoms with Crippen molar-refractivity contribution in [1.29, 1.82) is 0 Å².